The van der Waals surface area contributed by atoms with Gasteiger partial charge in [0, 0.05) is 39.3 Å². The lowest BCUT2D eigenvalue weighted by molar-refractivity contribution is -0.144. The predicted molar refractivity (Wildman–Crippen MR) is 110 cm³/mol. The van der Waals surface area contributed by atoms with Crippen molar-refractivity contribution < 1.29 is 4.79 Å². The Labute approximate surface area is 164 Å². The monoisotopic (exact) mass is 389 g/mol. The van der Waals surface area contributed by atoms with E-state index < -0.39 is 0 Å². The smallest absolute Gasteiger partial charge is 0.230 e. The number of carbonyl (C=O) groups is 1. The Morgan fingerprint density at radius 1 is 1.04 bits per heavy atom. The second-order valence-electron chi connectivity index (χ2n) is 6.56. The first-order valence-electron chi connectivity index (χ1n) is 8.91. The van der Waals surface area contributed by atoms with E-state index in [2.05, 4.69) is 49.1 Å². The van der Waals surface area contributed by atoms with Crippen LogP contribution in [0.3, 0.4) is 0 Å². The van der Waals surface area contributed by atoms with E-state index in [9.17, 15) is 4.79 Å². The van der Waals surface area contributed by atoms with Gasteiger partial charge in [0.25, 0.3) is 0 Å². The average Bonchev–Trinajstić information content (AvgIpc) is 2.63. The van der Waals surface area contributed by atoms with Crippen molar-refractivity contribution in [1.82, 2.24) is 9.80 Å². The third-order valence-corrected chi connectivity index (χ3v) is 5.42. The molecule has 0 radical (unpaired) electrons. The molecule has 0 spiro atoms. The molecule has 0 aromatic heterocycles. The SMILES string of the molecule is CCC(CC)(CN)C(=O)N1CCN(CCc2ccccc2)CC1.Cl.Cl. The number of nitrogens with zero attached hydrogens (tertiary/aromatic N) is 2. The van der Waals surface area contributed by atoms with Crippen molar-refractivity contribution in [3.05, 3.63) is 35.9 Å². The Kier molecular flexibility index (Phi) is 11.4. The Bertz CT molecular complexity index is 478. The highest BCUT2D eigenvalue weighted by atomic mass is 35.5. The Morgan fingerprint density at radius 3 is 2.08 bits per heavy atom. The van der Waals surface area contributed by atoms with Gasteiger partial charge in [-0.25, -0.2) is 0 Å². The van der Waals surface area contributed by atoms with Crippen LogP contribution < -0.4 is 5.73 Å². The summed E-state index contributed by atoms with van der Waals surface area (Å²) < 4.78 is 0. The van der Waals surface area contributed by atoms with Crippen LogP contribution >= 0.6 is 24.8 Å². The summed E-state index contributed by atoms with van der Waals surface area (Å²) in [6.45, 7) is 9.25. The molecular formula is C19H33Cl2N3O. The fourth-order valence-corrected chi connectivity index (χ4v) is 3.37. The lowest BCUT2D eigenvalue weighted by Gasteiger charge is -2.40. The van der Waals surface area contributed by atoms with Gasteiger partial charge in [0.2, 0.25) is 5.91 Å². The first kappa shape index (κ1) is 24.2. The van der Waals surface area contributed by atoms with Gasteiger partial charge in [-0.3, -0.25) is 9.69 Å². The van der Waals surface area contributed by atoms with Gasteiger partial charge in [0.05, 0.1) is 5.41 Å². The molecule has 6 heteroatoms. The molecule has 1 heterocycles. The van der Waals surface area contributed by atoms with Gasteiger partial charge in [-0.2, -0.15) is 0 Å². The molecule has 2 N–H and O–H groups in total. The predicted octanol–water partition coefficient (Wildman–Crippen LogP) is 2.98. The van der Waals surface area contributed by atoms with Crippen LogP contribution in [0.2, 0.25) is 0 Å². The summed E-state index contributed by atoms with van der Waals surface area (Å²) in [4.78, 5) is 17.3. The maximum atomic E-state index is 12.8. The molecule has 0 aliphatic carbocycles. The van der Waals surface area contributed by atoms with E-state index in [1.165, 1.54) is 5.56 Å². The highest BCUT2D eigenvalue weighted by molar-refractivity contribution is 5.85. The fourth-order valence-electron chi connectivity index (χ4n) is 3.37. The number of rotatable bonds is 7. The van der Waals surface area contributed by atoms with Gasteiger partial charge >= 0.3 is 0 Å². The third kappa shape index (κ3) is 6.14. The normalized spacial score (nSPS) is 15.2. The summed E-state index contributed by atoms with van der Waals surface area (Å²) in [6.07, 6.45) is 2.73. The minimum absolute atomic E-state index is 0. The fraction of sp³-hybridized carbons (Fsp3) is 0.632. The number of hydrogen-bond donors (Lipinski definition) is 1. The van der Waals surface area contributed by atoms with E-state index >= 15 is 0 Å². The Balaban J connectivity index is 0.00000288. The van der Waals surface area contributed by atoms with Gasteiger partial charge in [-0.15, -0.1) is 24.8 Å². The van der Waals surface area contributed by atoms with Crippen molar-refractivity contribution in [2.75, 3.05) is 39.3 Å². The molecule has 0 bridgehead atoms. The maximum Gasteiger partial charge on any atom is 0.230 e. The van der Waals surface area contributed by atoms with E-state index in [1.54, 1.807) is 0 Å². The quantitative estimate of drug-likeness (QED) is 0.779. The van der Waals surface area contributed by atoms with Crippen LogP contribution in [-0.2, 0) is 11.2 Å². The standard InChI is InChI=1S/C19H31N3O.2ClH/c1-3-19(4-2,16-20)18(23)22-14-12-21(13-15-22)11-10-17-8-6-5-7-9-17;;/h5-9H,3-4,10-16,20H2,1-2H3;2*1H. The number of piperazine rings is 1. The lowest BCUT2D eigenvalue weighted by Crippen LogP contribution is -2.54. The molecule has 25 heavy (non-hydrogen) atoms. The van der Waals surface area contributed by atoms with Crippen molar-refractivity contribution in [2.24, 2.45) is 11.1 Å². The van der Waals surface area contributed by atoms with Crippen LogP contribution in [0, 0.1) is 5.41 Å². The Hall–Kier alpha value is -0.810. The number of nitrogens with two attached hydrogens (primary N) is 1. The number of halogens is 2. The minimum Gasteiger partial charge on any atom is -0.340 e. The van der Waals surface area contributed by atoms with Crippen molar-refractivity contribution in [2.45, 2.75) is 33.1 Å². The van der Waals surface area contributed by atoms with Crippen molar-refractivity contribution in [3.63, 3.8) is 0 Å². The second kappa shape index (κ2) is 11.7. The first-order chi connectivity index (χ1) is 11.1. The summed E-state index contributed by atoms with van der Waals surface area (Å²) in [5.74, 6) is 0.257. The highest BCUT2D eigenvalue weighted by Gasteiger charge is 2.37. The molecule has 1 aromatic carbocycles. The van der Waals surface area contributed by atoms with Gasteiger partial charge in [-0.05, 0) is 24.8 Å². The summed E-state index contributed by atoms with van der Waals surface area (Å²) in [5, 5.41) is 0. The molecule has 1 aliphatic rings. The van der Waals surface area contributed by atoms with Crippen LogP contribution in [0.15, 0.2) is 30.3 Å². The number of benzene rings is 1. The van der Waals surface area contributed by atoms with Gasteiger partial charge < -0.3 is 10.6 Å². The number of carbonyl (C=O) groups excluding carboxylic acids is 1. The van der Waals surface area contributed by atoms with Crippen LogP contribution in [0.4, 0.5) is 0 Å². The van der Waals surface area contributed by atoms with Gasteiger partial charge in [0.1, 0.15) is 0 Å². The molecule has 1 saturated heterocycles. The zero-order valence-corrected chi connectivity index (χ0v) is 17.1. The Morgan fingerprint density at radius 2 is 1.60 bits per heavy atom. The average molecular weight is 390 g/mol. The highest BCUT2D eigenvalue weighted by Crippen LogP contribution is 2.28. The minimum atomic E-state index is -0.355. The zero-order chi connectivity index (χ0) is 16.7. The van der Waals surface area contributed by atoms with Crippen molar-refractivity contribution in [1.29, 1.82) is 0 Å². The van der Waals surface area contributed by atoms with Gasteiger partial charge in [0.15, 0.2) is 0 Å². The molecule has 144 valence electrons. The molecule has 0 atom stereocenters. The van der Waals surface area contributed by atoms with Crippen LogP contribution in [-0.4, -0.2) is 55.0 Å². The summed E-state index contributed by atoms with van der Waals surface area (Å²) in [5.41, 5.74) is 6.94. The molecule has 1 aliphatic heterocycles. The van der Waals surface area contributed by atoms with E-state index in [1.807, 2.05) is 4.90 Å². The molecule has 4 nitrogen and oxygen atoms in total. The largest absolute Gasteiger partial charge is 0.340 e. The summed E-state index contributed by atoms with van der Waals surface area (Å²) in [7, 11) is 0. The van der Waals surface area contributed by atoms with E-state index in [4.69, 9.17) is 5.73 Å². The van der Waals surface area contributed by atoms with Crippen LogP contribution in [0.1, 0.15) is 32.3 Å². The second-order valence-corrected chi connectivity index (χ2v) is 6.56. The van der Waals surface area contributed by atoms with Crippen molar-refractivity contribution >= 4 is 30.7 Å². The molecule has 0 saturated carbocycles. The molecular weight excluding hydrogens is 357 g/mol. The third-order valence-electron chi connectivity index (χ3n) is 5.42. The van der Waals surface area contributed by atoms with E-state index in [0.29, 0.717) is 6.54 Å². The van der Waals surface area contributed by atoms with Crippen LogP contribution in [0.5, 0.6) is 0 Å². The maximum absolute atomic E-state index is 12.8. The van der Waals surface area contributed by atoms with E-state index in [0.717, 1.165) is 52.0 Å². The summed E-state index contributed by atoms with van der Waals surface area (Å²) >= 11 is 0. The van der Waals surface area contributed by atoms with Gasteiger partial charge in [-0.1, -0.05) is 44.2 Å². The number of hydrogen-bond acceptors (Lipinski definition) is 3. The molecule has 2 rings (SSSR count). The summed E-state index contributed by atoms with van der Waals surface area (Å²) in [6, 6.07) is 10.6. The first-order valence-corrected chi connectivity index (χ1v) is 8.91. The molecule has 1 fully saturated rings. The number of amides is 1. The lowest BCUT2D eigenvalue weighted by atomic mass is 9.81. The molecule has 0 unspecified atom stereocenters. The zero-order valence-electron chi connectivity index (χ0n) is 15.4. The topological polar surface area (TPSA) is 49.6 Å². The van der Waals surface area contributed by atoms with Crippen LogP contribution in [0.25, 0.3) is 0 Å². The molecule has 1 amide bonds. The van der Waals surface area contributed by atoms with Crippen molar-refractivity contribution in [3.8, 4) is 0 Å². The molecule has 1 aromatic rings. The van der Waals surface area contributed by atoms with E-state index in [-0.39, 0.29) is 36.1 Å².